The van der Waals surface area contributed by atoms with Crippen molar-refractivity contribution < 1.29 is 14.0 Å². The fourth-order valence-electron chi connectivity index (χ4n) is 1.48. The van der Waals surface area contributed by atoms with Gasteiger partial charge in [0.05, 0.1) is 12.4 Å². The van der Waals surface area contributed by atoms with Gasteiger partial charge in [-0.3, -0.25) is 14.5 Å². The van der Waals surface area contributed by atoms with Crippen molar-refractivity contribution >= 4 is 28.6 Å². The van der Waals surface area contributed by atoms with Crippen molar-refractivity contribution in [1.82, 2.24) is 4.90 Å². The molecule has 1 heterocycles. The van der Waals surface area contributed by atoms with E-state index in [2.05, 4.69) is 5.32 Å². The first-order valence-electron chi connectivity index (χ1n) is 5.05. The molecule has 1 aromatic rings. The lowest BCUT2D eigenvalue weighted by molar-refractivity contribution is -0.124. The molecule has 0 spiro atoms. The maximum atomic E-state index is 13.0. The number of imide groups is 1. The largest absolute Gasteiger partial charge is 0.367 e. The molecule has 17 heavy (non-hydrogen) atoms. The highest BCUT2D eigenvalue weighted by Crippen LogP contribution is 2.20. The molecule has 0 aliphatic carbocycles. The number of benzene rings is 1. The Balaban J connectivity index is 2.04. The van der Waals surface area contributed by atoms with Crippen LogP contribution in [-0.2, 0) is 4.79 Å². The second kappa shape index (κ2) is 4.75. The summed E-state index contributed by atoms with van der Waals surface area (Å²) in [6.07, 6.45) is 0. The molecule has 2 amide bonds. The van der Waals surface area contributed by atoms with Gasteiger partial charge in [-0.15, -0.1) is 0 Å². The van der Waals surface area contributed by atoms with Crippen molar-refractivity contribution in [2.24, 2.45) is 0 Å². The number of amides is 2. The molecule has 0 unspecified atom stereocenters. The number of hydrogen-bond donors (Lipinski definition) is 1. The Bertz CT molecular complexity index is 463. The Kier molecular flexibility index (Phi) is 3.33. The summed E-state index contributed by atoms with van der Waals surface area (Å²) in [7, 11) is 0. The van der Waals surface area contributed by atoms with Crippen LogP contribution in [0.1, 0.15) is 5.56 Å². The fraction of sp³-hybridized carbons (Fsp3) is 0.273. The van der Waals surface area contributed by atoms with E-state index in [1.54, 1.807) is 6.07 Å². The van der Waals surface area contributed by atoms with Crippen LogP contribution in [0.3, 0.4) is 0 Å². The van der Waals surface area contributed by atoms with Crippen LogP contribution >= 0.6 is 11.8 Å². The van der Waals surface area contributed by atoms with Gasteiger partial charge < -0.3 is 5.32 Å². The molecule has 90 valence electrons. The Morgan fingerprint density at radius 1 is 1.47 bits per heavy atom. The number of hydrogen-bond acceptors (Lipinski definition) is 4. The zero-order valence-corrected chi connectivity index (χ0v) is 10.0. The van der Waals surface area contributed by atoms with Crippen molar-refractivity contribution in [3.8, 4) is 0 Å². The average Bonchev–Trinajstić information content (AvgIpc) is 2.61. The van der Waals surface area contributed by atoms with Crippen molar-refractivity contribution in [1.29, 1.82) is 0 Å². The maximum absolute atomic E-state index is 13.0. The van der Waals surface area contributed by atoms with Crippen LogP contribution in [-0.4, -0.2) is 28.5 Å². The highest BCUT2D eigenvalue weighted by atomic mass is 32.2. The van der Waals surface area contributed by atoms with E-state index < -0.39 is 0 Å². The molecule has 0 aromatic heterocycles. The third-order valence-corrected chi connectivity index (χ3v) is 3.33. The second-order valence-electron chi connectivity index (χ2n) is 3.67. The lowest BCUT2D eigenvalue weighted by Crippen LogP contribution is -2.33. The molecule has 0 saturated carbocycles. The lowest BCUT2D eigenvalue weighted by Gasteiger charge is -2.16. The Labute approximate surface area is 102 Å². The summed E-state index contributed by atoms with van der Waals surface area (Å²) >= 11 is 0.979. The van der Waals surface area contributed by atoms with Crippen LogP contribution in [0.4, 0.5) is 14.9 Å². The van der Waals surface area contributed by atoms with E-state index in [0.29, 0.717) is 5.69 Å². The fourth-order valence-corrected chi connectivity index (χ4v) is 2.21. The molecule has 1 aliphatic rings. The molecular formula is C11H11FN2O2S. The van der Waals surface area contributed by atoms with Gasteiger partial charge in [-0.1, -0.05) is 17.8 Å². The molecule has 0 radical (unpaired) electrons. The average molecular weight is 254 g/mol. The van der Waals surface area contributed by atoms with Crippen LogP contribution in [0.5, 0.6) is 0 Å². The molecule has 2 rings (SSSR count). The molecule has 1 saturated heterocycles. The van der Waals surface area contributed by atoms with Crippen molar-refractivity contribution in [3.63, 3.8) is 0 Å². The normalized spacial score (nSPS) is 15.5. The molecule has 0 bridgehead atoms. The summed E-state index contributed by atoms with van der Waals surface area (Å²) in [5, 5.41) is 2.62. The van der Waals surface area contributed by atoms with Gasteiger partial charge in [0.1, 0.15) is 5.82 Å². The molecule has 1 aromatic carbocycles. The highest BCUT2D eigenvalue weighted by Gasteiger charge is 2.29. The monoisotopic (exact) mass is 254 g/mol. The van der Waals surface area contributed by atoms with E-state index in [0.717, 1.165) is 22.2 Å². The zero-order valence-electron chi connectivity index (χ0n) is 9.20. The summed E-state index contributed by atoms with van der Waals surface area (Å²) in [6.45, 7) is 1.90. The number of nitrogens with one attached hydrogen (secondary N) is 1. The van der Waals surface area contributed by atoms with Gasteiger partial charge in [-0.25, -0.2) is 4.39 Å². The van der Waals surface area contributed by atoms with Gasteiger partial charge in [0, 0.05) is 5.69 Å². The van der Waals surface area contributed by atoms with Crippen molar-refractivity contribution in [2.75, 3.05) is 17.7 Å². The summed E-state index contributed by atoms with van der Waals surface area (Å²) in [6, 6.07) is 4.34. The van der Waals surface area contributed by atoms with Crippen LogP contribution in [0.25, 0.3) is 0 Å². The van der Waals surface area contributed by atoms with Crippen LogP contribution in [0.15, 0.2) is 18.2 Å². The van der Waals surface area contributed by atoms with Gasteiger partial charge >= 0.3 is 0 Å². The van der Waals surface area contributed by atoms with Crippen molar-refractivity contribution in [2.45, 2.75) is 6.92 Å². The predicted octanol–water partition coefficient (Wildman–Crippen LogP) is 2.20. The number of rotatable bonds is 3. The number of aryl methyl sites for hydroxylation is 1. The summed E-state index contributed by atoms with van der Waals surface area (Å²) in [5.41, 5.74) is 1.45. The smallest absolute Gasteiger partial charge is 0.290 e. The van der Waals surface area contributed by atoms with Crippen LogP contribution in [0, 0.1) is 12.7 Å². The Hall–Kier alpha value is -1.56. The van der Waals surface area contributed by atoms with Gasteiger partial charge in [-0.2, -0.15) is 0 Å². The van der Waals surface area contributed by atoms with Crippen molar-refractivity contribution in [3.05, 3.63) is 29.6 Å². The first-order valence-corrected chi connectivity index (χ1v) is 6.03. The molecular weight excluding hydrogens is 243 g/mol. The minimum absolute atomic E-state index is 0.0783. The van der Waals surface area contributed by atoms with E-state index in [1.165, 1.54) is 12.1 Å². The van der Waals surface area contributed by atoms with Gasteiger partial charge in [-0.05, 0) is 24.6 Å². The summed E-state index contributed by atoms with van der Waals surface area (Å²) in [5.74, 6) is -0.393. The van der Waals surface area contributed by atoms with E-state index in [1.807, 2.05) is 6.92 Å². The molecule has 1 aliphatic heterocycles. The molecule has 6 heteroatoms. The summed E-state index contributed by atoms with van der Waals surface area (Å²) in [4.78, 5) is 23.8. The topological polar surface area (TPSA) is 49.4 Å². The quantitative estimate of drug-likeness (QED) is 0.898. The minimum atomic E-state index is -0.355. The van der Waals surface area contributed by atoms with E-state index in [-0.39, 0.29) is 29.4 Å². The molecule has 1 fully saturated rings. The lowest BCUT2D eigenvalue weighted by atomic mass is 10.2. The maximum Gasteiger partial charge on any atom is 0.290 e. The third-order valence-electron chi connectivity index (χ3n) is 2.47. The van der Waals surface area contributed by atoms with E-state index in [9.17, 15) is 14.0 Å². The van der Waals surface area contributed by atoms with Crippen LogP contribution in [0.2, 0.25) is 0 Å². The first kappa shape index (κ1) is 11.9. The van der Waals surface area contributed by atoms with Gasteiger partial charge in [0.25, 0.3) is 5.24 Å². The van der Waals surface area contributed by atoms with Gasteiger partial charge in [0.15, 0.2) is 0 Å². The number of halogens is 1. The zero-order chi connectivity index (χ0) is 12.4. The van der Waals surface area contributed by atoms with Crippen LogP contribution < -0.4 is 5.32 Å². The third kappa shape index (κ3) is 2.58. The second-order valence-corrected chi connectivity index (χ2v) is 4.60. The van der Waals surface area contributed by atoms with E-state index >= 15 is 0 Å². The molecule has 4 nitrogen and oxygen atoms in total. The summed E-state index contributed by atoms with van der Waals surface area (Å²) < 4.78 is 13.0. The molecule has 0 atom stereocenters. The number of carbonyl (C=O) groups excluding carboxylic acids is 2. The number of carbonyl (C=O) groups is 2. The van der Waals surface area contributed by atoms with Gasteiger partial charge in [0.2, 0.25) is 5.91 Å². The predicted molar refractivity (Wildman–Crippen MR) is 64.3 cm³/mol. The Morgan fingerprint density at radius 3 is 2.88 bits per heavy atom. The SMILES string of the molecule is Cc1ccc(F)cc1NCN1C(=O)CSC1=O. The number of nitrogens with zero attached hydrogens (tertiary/aromatic N) is 1. The first-order chi connectivity index (χ1) is 8.08. The molecule has 1 N–H and O–H groups in total. The highest BCUT2D eigenvalue weighted by molar-refractivity contribution is 8.14. The number of anilines is 1. The van der Waals surface area contributed by atoms with E-state index in [4.69, 9.17) is 0 Å². The minimum Gasteiger partial charge on any atom is -0.367 e. The number of thioether (sulfide) groups is 1. The Morgan fingerprint density at radius 2 is 2.24 bits per heavy atom. The standard InChI is InChI=1S/C11H11FN2O2S/c1-7-2-3-8(12)4-9(7)13-6-14-10(15)5-17-11(14)16/h2-4,13H,5-6H2,1H3.